The van der Waals surface area contributed by atoms with Crippen molar-refractivity contribution in [2.75, 3.05) is 0 Å². The van der Waals surface area contributed by atoms with Crippen molar-refractivity contribution < 1.29 is 15.0 Å². The van der Waals surface area contributed by atoms with Crippen LogP contribution < -0.4 is 0 Å². The molecule has 0 aromatic rings. The topological polar surface area (TPSA) is 81.4 Å². The summed E-state index contributed by atoms with van der Waals surface area (Å²) in [6.45, 7) is 2.97. The van der Waals surface area contributed by atoms with Gasteiger partial charge in [-0.15, -0.1) is 0 Å². The lowest BCUT2D eigenvalue weighted by molar-refractivity contribution is -0.138. The zero-order valence-corrected chi connectivity index (χ0v) is 6.66. The zero-order valence-electron chi connectivity index (χ0n) is 6.66. The van der Waals surface area contributed by atoms with Crippen molar-refractivity contribution in [1.82, 2.24) is 0 Å². The molecule has 0 aromatic carbocycles. The summed E-state index contributed by atoms with van der Waals surface area (Å²) in [4.78, 5) is 10.3. The molecule has 0 aromatic heterocycles. The highest BCUT2D eigenvalue weighted by Crippen LogP contribution is 2.03. The second kappa shape index (κ2) is 4.08. The average Bonchev–Trinajstić information content (AvgIpc) is 1.84. The molecule has 0 spiro atoms. The van der Waals surface area contributed by atoms with Gasteiger partial charge in [0.1, 0.15) is 0 Å². The van der Waals surface area contributed by atoms with E-state index in [1.807, 2.05) is 0 Å². The average molecular weight is 159 g/mol. The molecule has 0 bridgehead atoms. The second-order valence-electron chi connectivity index (χ2n) is 2.64. The van der Waals surface area contributed by atoms with Crippen molar-refractivity contribution >= 4 is 11.7 Å². The number of carboxylic acid groups (broad SMARTS) is 1. The number of carbonyl (C=O) groups is 1. The fourth-order valence-corrected chi connectivity index (χ4v) is 0.644. The van der Waals surface area contributed by atoms with Crippen LogP contribution in [0.15, 0.2) is 0 Å². The molecule has 0 amide bonds. The SMILES string of the molecule is CC(O)CC(=N)C(C)C(=O)O. The Kier molecular flexibility index (Phi) is 3.74. The van der Waals surface area contributed by atoms with E-state index in [2.05, 4.69) is 0 Å². The summed E-state index contributed by atoms with van der Waals surface area (Å²) < 4.78 is 0. The van der Waals surface area contributed by atoms with Gasteiger partial charge >= 0.3 is 5.97 Å². The lowest BCUT2D eigenvalue weighted by Crippen LogP contribution is -2.22. The molecular formula is C7H13NO3. The summed E-state index contributed by atoms with van der Waals surface area (Å²) in [5.41, 5.74) is 0.0625. The lowest BCUT2D eigenvalue weighted by Gasteiger charge is -2.09. The molecule has 0 saturated carbocycles. The molecule has 0 aliphatic rings. The van der Waals surface area contributed by atoms with Crippen molar-refractivity contribution in [3.8, 4) is 0 Å². The Bertz CT molecular complexity index is 165. The minimum absolute atomic E-state index is 0.0625. The lowest BCUT2D eigenvalue weighted by atomic mass is 10.0. The van der Waals surface area contributed by atoms with Crippen LogP contribution in [0, 0.1) is 11.3 Å². The van der Waals surface area contributed by atoms with Gasteiger partial charge in [0.25, 0.3) is 0 Å². The smallest absolute Gasteiger partial charge is 0.311 e. The number of nitrogens with one attached hydrogen (secondary N) is 1. The Morgan fingerprint density at radius 1 is 1.55 bits per heavy atom. The van der Waals surface area contributed by atoms with E-state index in [1.165, 1.54) is 13.8 Å². The highest BCUT2D eigenvalue weighted by atomic mass is 16.4. The molecule has 2 unspecified atom stereocenters. The third-order valence-electron chi connectivity index (χ3n) is 1.41. The molecule has 4 heteroatoms. The first kappa shape index (κ1) is 10.1. The first-order valence-corrected chi connectivity index (χ1v) is 3.43. The van der Waals surface area contributed by atoms with Gasteiger partial charge in [-0.1, -0.05) is 0 Å². The van der Waals surface area contributed by atoms with Gasteiger partial charge in [0.2, 0.25) is 0 Å². The van der Waals surface area contributed by atoms with E-state index in [1.54, 1.807) is 0 Å². The molecule has 64 valence electrons. The standard InChI is InChI=1S/C7H13NO3/c1-4(9)3-6(8)5(2)7(10)11/h4-5,8-9H,3H2,1-2H3,(H,10,11). The molecule has 0 heterocycles. The Labute approximate surface area is 65.4 Å². The predicted octanol–water partition coefficient (Wildman–Crippen LogP) is 0.498. The summed E-state index contributed by atoms with van der Waals surface area (Å²) >= 11 is 0. The van der Waals surface area contributed by atoms with Gasteiger partial charge in [0.15, 0.2) is 0 Å². The second-order valence-corrected chi connectivity index (χ2v) is 2.64. The van der Waals surface area contributed by atoms with E-state index in [0.29, 0.717) is 0 Å². The van der Waals surface area contributed by atoms with Crippen LogP contribution in [0.4, 0.5) is 0 Å². The summed E-state index contributed by atoms with van der Waals surface area (Å²) in [5.74, 6) is -1.81. The van der Waals surface area contributed by atoms with Crippen LogP contribution >= 0.6 is 0 Å². The molecule has 3 N–H and O–H groups in total. The fourth-order valence-electron chi connectivity index (χ4n) is 0.644. The number of hydrogen-bond acceptors (Lipinski definition) is 3. The number of hydrogen-bond donors (Lipinski definition) is 3. The fraction of sp³-hybridized carbons (Fsp3) is 0.714. The molecular weight excluding hydrogens is 146 g/mol. The third-order valence-corrected chi connectivity index (χ3v) is 1.41. The van der Waals surface area contributed by atoms with E-state index in [-0.39, 0.29) is 12.1 Å². The third kappa shape index (κ3) is 3.72. The van der Waals surface area contributed by atoms with Gasteiger partial charge in [-0.3, -0.25) is 4.79 Å². The van der Waals surface area contributed by atoms with Gasteiger partial charge in [0, 0.05) is 12.1 Å². The van der Waals surface area contributed by atoms with Gasteiger partial charge in [-0.25, -0.2) is 0 Å². The first-order valence-electron chi connectivity index (χ1n) is 3.43. The number of carboxylic acids is 1. The van der Waals surface area contributed by atoms with Gasteiger partial charge in [-0.05, 0) is 13.8 Å². The largest absolute Gasteiger partial charge is 0.481 e. The van der Waals surface area contributed by atoms with Crippen molar-refractivity contribution in [3.05, 3.63) is 0 Å². The van der Waals surface area contributed by atoms with E-state index >= 15 is 0 Å². The van der Waals surface area contributed by atoms with Crippen molar-refractivity contribution in [3.63, 3.8) is 0 Å². The number of aliphatic carboxylic acids is 1. The molecule has 0 aliphatic heterocycles. The Morgan fingerprint density at radius 3 is 2.27 bits per heavy atom. The highest BCUT2D eigenvalue weighted by Gasteiger charge is 2.17. The maximum absolute atomic E-state index is 10.3. The van der Waals surface area contributed by atoms with Crippen LogP contribution in [0.25, 0.3) is 0 Å². The Balaban J connectivity index is 3.93. The number of aliphatic hydroxyl groups is 1. The van der Waals surface area contributed by atoms with Crippen LogP contribution in [0.2, 0.25) is 0 Å². The Hall–Kier alpha value is -0.900. The molecule has 2 atom stereocenters. The number of aliphatic hydroxyl groups excluding tert-OH is 1. The van der Waals surface area contributed by atoms with Gasteiger partial charge in [-0.2, -0.15) is 0 Å². The molecule has 0 fully saturated rings. The summed E-state index contributed by atoms with van der Waals surface area (Å²) in [5, 5.41) is 24.5. The number of rotatable bonds is 4. The molecule has 0 radical (unpaired) electrons. The highest BCUT2D eigenvalue weighted by molar-refractivity contribution is 5.99. The van der Waals surface area contributed by atoms with E-state index in [0.717, 1.165) is 0 Å². The van der Waals surface area contributed by atoms with Crippen molar-refractivity contribution in [2.24, 2.45) is 5.92 Å². The quantitative estimate of drug-likeness (QED) is 0.522. The zero-order chi connectivity index (χ0) is 9.02. The summed E-state index contributed by atoms with van der Waals surface area (Å²) in [6, 6.07) is 0. The minimum atomic E-state index is -1.02. The Morgan fingerprint density at radius 2 is 2.00 bits per heavy atom. The summed E-state index contributed by atoms with van der Waals surface area (Å²) in [7, 11) is 0. The molecule has 0 rings (SSSR count). The minimum Gasteiger partial charge on any atom is -0.481 e. The molecule has 0 saturated heterocycles. The molecule has 4 nitrogen and oxygen atoms in total. The van der Waals surface area contributed by atoms with E-state index in [9.17, 15) is 4.79 Å². The maximum Gasteiger partial charge on any atom is 0.311 e. The summed E-state index contributed by atoms with van der Waals surface area (Å²) in [6.07, 6.45) is -0.503. The predicted molar refractivity (Wildman–Crippen MR) is 40.8 cm³/mol. The van der Waals surface area contributed by atoms with Crippen molar-refractivity contribution in [2.45, 2.75) is 26.4 Å². The maximum atomic E-state index is 10.3. The normalized spacial score (nSPS) is 15.5. The molecule has 0 aliphatic carbocycles. The van der Waals surface area contributed by atoms with Crippen LogP contribution in [0.5, 0.6) is 0 Å². The van der Waals surface area contributed by atoms with Crippen LogP contribution in [0.1, 0.15) is 20.3 Å². The molecule has 11 heavy (non-hydrogen) atoms. The van der Waals surface area contributed by atoms with Crippen LogP contribution in [-0.2, 0) is 4.79 Å². The van der Waals surface area contributed by atoms with Gasteiger partial charge in [0.05, 0.1) is 12.0 Å². The van der Waals surface area contributed by atoms with Crippen LogP contribution in [-0.4, -0.2) is 28.0 Å². The van der Waals surface area contributed by atoms with E-state index in [4.69, 9.17) is 15.6 Å². The van der Waals surface area contributed by atoms with E-state index < -0.39 is 18.0 Å². The van der Waals surface area contributed by atoms with Crippen LogP contribution in [0.3, 0.4) is 0 Å². The van der Waals surface area contributed by atoms with Crippen molar-refractivity contribution in [1.29, 1.82) is 5.41 Å². The monoisotopic (exact) mass is 159 g/mol. The van der Waals surface area contributed by atoms with Gasteiger partial charge < -0.3 is 15.6 Å². The first-order chi connectivity index (χ1) is 4.95.